The highest BCUT2D eigenvalue weighted by Gasteiger charge is 2.60. The lowest BCUT2D eigenvalue weighted by atomic mass is 9.54. The van der Waals surface area contributed by atoms with E-state index in [0.29, 0.717) is 90.2 Å². The van der Waals surface area contributed by atoms with E-state index in [0.717, 1.165) is 47.9 Å². The van der Waals surface area contributed by atoms with Crippen LogP contribution in [0, 0.1) is 45.3 Å². The van der Waals surface area contributed by atoms with Crippen LogP contribution >= 0.6 is 21.6 Å². The Kier molecular flexibility index (Phi) is 13.7. The molecule has 0 amide bonds. The van der Waals surface area contributed by atoms with Gasteiger partial charge in [0.1, 0.15) is 11.4 Å². The molecule has 7 unspecified atom stereocenters. The molecule has 370 valence electrons. The number of hydrogen-bond acceptors (Lipinski definition) is 13. The summed E-state index contributed by atoms with van der Waals surface area (Å²) in [4.78, 5) is 18.3. The Hall–Kier alpha value is -5.22. The number of hydrogen-bond donors (Lipinski definition) is 7. The summed E-state index contributed by atoms with van der Waals surface area (Å²) >= 11 is 0. The molecule has 71 heavy (non-hydrogen) atoms. The Morgan fingerprint density at radius 2 is 1.73 bits per heavy atom. The summed E-state index contributed by atoms with van der Waals surface area (Å²) in [7, 11) is 3.31. The molecule has 2 saturated carbocycles. The quantitative estimate of drug-likeness (QED) is 0.0572. The van der Waals surface area contributed by atoms with Crippen molar-refractivity contribution < 1.29 is 40.2 Å². The van der Waals surface area contributed by atoms with Gasteiger partial charge < -0.3 is 46.8 Å². The first kappa shape index (κ1) is 49.4. The standard InChI is InChI=1S/C58H63N3O8S2/c59-53(60)44-28-39-4-1-5-47-42(13-24-61-47)50(66)30-45-43(39)29-40(44)32-70-71-36-55-15-2-16-56-17-3-18-57(56,34-58(68,35-62)23-22-56)21-20-54(33-55,31-52(55)67)19-12-41(63)9-6-37-8-11-49(65)51(27-37)69-25-14-38-7-10-48(64)46(45)26-38/h7-8,10-13,19,22-24,26-29,45,52-53,62,64-68H,3,5-6,9,14-15,17-18,20-21,25,30-36,59-60H2/p-1. The maximum Gasteiger partial charge on any atom is 0.161 e. The molecule has 2 aliphatic heterocycles. The van der Waals surface area contributed by atoms with Crippen molar-refractivity contribution >= 4 is 33.1 Å². The van der Waals surface area contributed by atoms with E-state index in [1.807, 2.05) is 24.3 Å². The van der Waals surface area contributed by atoms with Gasteiger partial charge in [-0.25, -0.2) is 0 Å². The van der Waals surface area contributed by atoms with Crippen LogP contribution in [0.1, 0.15) is 128 Å². The van der Waals surface area contributed by atoms with Crippen LogP contribution in [0.3, 0.4) is 0 Å². The number of rotatable bonds is 2. The van der Waals surface area contributed by atoms with Crippen molar-refractivity contribution in [3.8, 4) is 40.9 Å². The number of aliphatic hydroxyl groups excluding tert-OH is 2. The Bertz CT molecular complexity index is 2920. The molecule has 7 atom stereocenters. The van der Waals surface area contributed by atoms with Crippen LogP contribution in [0.15, 0.2) is 101 Å². The van der Waals surface area contributed by atoms with E-state index in [4.69, 9.17) is 16.2 Å². The van der Waals surface area contributed by atoms with Gasteiger partial charge in [-0.15, -0.1) is 11.7 Å². The molecule has 3 aromatic rings. The first-order valence-electron chi connectivity index (χ1n) is 24.9. The van der Waals surface area contributed by atoms with Gasteiger partial charge in [0.2, 0.25) is 0 Å². The number of fused-ring (bicyclic) bond motifs is 7. The lowest BCUT2D eigenvalue weighted by Gasteiger charge is -2.50. The molecule has 0 saturated heterocycles. The second kappa shape index (κ2) is 19.7. The van der Waals surface area contributed by atoms with Gasteiger partial charge in [-0.2, -0.15) is 0 Å². The number of allylic oxidation sites excluding steroid dienone is 6. The summed E-state index contributed by atoms with van der Waals surface area (Å²) in [6, 6.07) is 14.5. The molecule has 0 radical (unpaired) electrons. The summed E-state index contributed by atoms with van der Waals surface area (Å²) < 4.78 is 6.18. The number of nitrogens with zero attached hydrogens (tertiary/aromatic N) is 1. The molecule has 11 nitrogen and oxygen atoms in total. The number of aliphatic hydroxyl groups is 3. The van der Waals surface area contributed by atoms with Crippen molar-refractivity contribution in [1.82, 2.24) is 0 Å². The van der Waals surface area contributed by atoms with Gasteiger partial charge in [-0.3, -0.25) is 9.79 Å². The Morgan fingerprint density at radius 1 is 0.901 bits per heavy atom. The predicted octanol–water partition coefficient (Wildman–Crippen LogP) is 7.60. The van der Waals surface area contributed by atoms with Crippen LogP contribution < -0.4 is 21.3 Å². The lowest BCUT2D eigenvalue weighted by molar-refractivity contribution is -0.307. The number of benzene rings is 3. The molecule has 0 spiro atoms. The van der Waals surface area contributed by atoms with Crippen LogP contribution in [0.5, 0.6) is 17.2 Å². The van der Waals surface area contributed by atoms with Crippen molar-refractivity contribution in [1.29, 1.82) is 0 Å². The molecule has 7 aliphatic rings. The van der Waals surface area contributed by atoms with E-state index in [2.05, 4.69) is 40.8 Å². The van der Waals surface area contributed by atoms with Crippen LogP contribution in [0.2, 0.25) is 0 Å². The number of carbonyl (C=O) groups is 1. The van der Waals surface area contributed by atoms with Gasteiger partial charge in [0.05, 0.1) is 43.0 Å². The first-order chi connectivity index (χ1) is 34.2. The van der Waals surface area contributed by atoms with E-state index < -0.39 is 40.0 Å². The zero-order chi connectivity index (χ0) is 49.6. The van der Waals surface area contributed by atoms with Crippen molar-refractivity contribution in [2.75, 3.05) is 19.0 Å². The summed E-state index contributed by atoms with van der Waals surface area (Å²) in [5, 5.41) is 71.1. The SMILES string of the molecule is NC(N)c1cc2c3cc1CSSCC14CC#CC56C=CC(O)(CO)CC5(CCC6)CCC(C=CC(=O)CCc5ccc(O)c(c5)OCCc5ccc(O)c(c5)C3CC([O-])=C3C=CN=C3CC#C2)(CC1O)C4. The minimum atomic E-state index is -1.34. The molecule has 10 rings (SSSR count). The number of carbonyl (C=O) groups excluding carboxylic acids is 1. The molecule has 2 fully saturated rings. The van der Waals surface area contributed by atoms with Crippen molar-refractivity contribution in [2.45, 2.75) is 119 Å². The third kappa shape index (κ3) is 9.64. The smallest absolute Gasteiger partial charge is 0.161 e. The minimum Gasteiger partial charge on any atom is -0.875 e. The van der Waals surface area contributed by atoms with E-state index >= 15 is 0 Å². The molecular formula is C58H62N3O8S2-. The molecule has 13 heteroatoms. The number of phenolic OH excluding ortho intramolecular Hbond substituents is 2. The van der Waals surface area contributed by atoms with Crippen LogP contribution in [0.25, 0.3) is 0 Å². The third-order valence-corrected chi connectivity index (χ3v) is 19.2. The Morgan fingerprint density at radius 3 is 2.56 bits per heavy atom. The summed E-state index contributed by atoms with van der Waals surface area (Å²) in [6.45, 7) is -0.170. The molecule has 2 heterocycles. The van der Waals surface area contributed by atoms with Crippen LogP contribution in [-0.4, -0.2) is 67.7 Å². The number of aromatic hydroxyl groups is 2. The van der Waals surface area contributed by atoms with E-state index in [1.54, 1.807) is 70.3 Å². The fraction of sp³-hybridized carbons (Fsp3) is 0.448. The second-order valence-electron chi connectivity index (χ2n) is 21.2. The van der Waals surface area contributed by atoms with Gasteiger partial charge >= 0.3 is 0 Å². The summed E-state index contributed by atoms with van der Waals surface area (Å²) in [6.07, 6.45) is 16.8. The van der Waals surface area contributed by atoms with Gasteiger partial charge in [0.15, 0.2) is 17.3 Å². The maximum atomic E-state index is 14.3. The molecule has 9 N–H and O–H groups in total. The molecule has 5 aliphatic carbocycles. The van der Waals surface area contributed by atoms with E-state index in [-0.39, 0.29) is 60.9 Å². The van der Waals surface area contributed by atoms with Crippen molar-refractivity contribution in [3.63, 3.8) is 0 Å². The lowest BCUT2D eigenvalue weighted by Crippen LogP contribution is -2.49. The first-order valence-corrected chi connectivity index (χ1v) is 27.4. The molecule has 8 bridgehead atoms. The largest absolute Gasteiger partial charge is 0.875 e. The molecular weight excluding hydrogens is 931 g/mol. The number of aliphatic imine (C=N–C) groups is 1. The predicted molar refractivity (Wildman–Crippen MR) is 277 cm³/mol. The van der Waals surface area contributed by atoms with Crippen LogP contribution in [-0.2, 0) is 23.4 Å². The third-order valence-electron chi connectivity index (χ3n) is 16.7. The topological polar surface area (TPSA) is 215 Å². The summed E-state index contributed by atoms with van der Waals surface area (Å²) in [5.41, 5.74) is 16.1. The van der Waals surface area contributed by atoms with E-state index in [1.165, 1.54) is 0 Å². The monoisotopic (exact) mass is 992 g/mol. The number of nitrogens with two attached hydrogens (primary N) is 2. The zero-order valence-corrected chi connectivity index (χ0v) is 41.6. The normalized spacial score (nSPS) is 31.6. The second-order valence-corrected chi connectivity index (χ2v) is 23.7. The zero-order valence-electron chi connectivity index (χ0n) is 39.9. The Balaban J connectivity index is 1.06. The number of aryl methyl sites for hydroxylation is 1. The van der Waals surface area contributed by atoms with E-state index in [9.17, 15) is 35.4 Å². The van der Waals surface area contributed by atoms with Gasteiger partial charge in [-0.1, -0.05) is 88.3 Å². The van der Waals surface area contributed by atoms with Crippen LogP contribution in [0.4, 0.5) is 0 Å². The highest BCUT2D eigenvalue weighted by atomic mass is 33.1. The van der Waals surface area contributed by atoms with Gasteiger partial charge in [0, 0.05) is 59.4 Å². The highest BCUT2D eigenvalue weighted by Crippen LogP contribution is 2.66. The Labute approximate surface area is 424 Å². The average molecular weight is 993 g/mol. The maximum absolute atomic E-state index is 14.3. The van der Waals surface area contributed by atoms with Gasteiger partial charge in [0.25, 0.3) is 0 Å². The van der Waals surface area contributed by atoms with Crippen molar-refractivity contribution in [3.05, 3.63) is 135 Å². The molecule has 3 aromatic carbocycles. The number of phenols is 2. The fourth-order valence-electron chi connectivity index (χ4n) is 12.8. The number of ether oxygens (including phenoxy) is 1. The van der Waals surface area contributed by atoms with Gasteiger partial charge in [-0.05, 0) is 138 Å². The fourth-order valence-corrected chi connectivity index (χ4v) is 15.5. The molecule has 0 aromatic heterocycles. The minimum absolute atomic E-state index is 0.0220. The summed E-state index contributed by atoms with van der Waals surface area (Å²) in [5.74, 6) is 14.6. The average Bonchev–Trinajstić information content (AvgIpc) is 4.05. The van der Waals surface area contributed by atoms with Crippen molar-refractivity contribution in [2.24, 2.45) is 38.1 Å². The highest BCUT2D eigenvalue weighted by molar-refractivity contribution is 8.76. The number of ketones is 1.